The number of carbonyl (C=O) groups excluding carboxylic acids is 1. The number of aliphatic carboxylic acids is 1. The van der Waals surface area contributed by atoms with E-state index in [1.165, 1.54) is 58.3 Å². The van der Waals surface area contributed by atoms with E-state index in [2.05, 4.69) is 12.2 Å². The van der Waals surface area contributed by atoms with Crippen molar-refractivity contribution in [3.05, 3.63) is 0 Å². The third kappa shape index (κ3) is 13.5. The zero-order valence-electron chi connectivity index (χ0n) is 13.5. The molecule has 5 nitrogen and oxygen atoms in total. The molecule has 0 unspecified atom stereocenters. The van der Waals surface area contributed by atoms with Crippen LogP contribution < -0.4 is 5.32 Å². The van der Waals surface area contributed by atoms with Gasteiger partial charge in [-0.1, -0.05) is 64.7 Å². The summed E-state index contributed by atoms with van der Waals surface area (Å²) in [6.07, 6.45) is 11.6. The number of alkyl carbamates (subject to hydrolysis) is 1. The Morgan fingerprint density at radius 2 is 1.43 bits per heavy atom. The summed E-state index contributed by atoms with van der Waals surface area (Å²) in [6.45, 7) is 3.99. The normalized spacial score (nSPS) is 11.9. The second-order valence-corrected chi connectivity index (χ2v) is 5.52. The Morgan fingerprint density at radius 1 is 0.952 bits per heavy atom. The fraction of sp³-hybridized carbons (Fsp3) is 0.875. The van der Waals surface area contributed by atoms with Gasteiger partial charge in [0.2, 0.25) is 0 Å². The van der Waals surface area contributed by atoms with Crippen LogP contribution in [0.15, 0.2) is 0 Å². The number of carboxylic acid groups (broad SMARTS) is 1. The second kappa shape index (κ2) is 13.7. The van der Waals surface area contributed by atoms with Crippen LogP contribution in [0.5, 0.6) is 0 Å². The predicted molar refractivity (Wildman–Crippen MR) is 83.4 cm³/mol. The molecule has 0 aliphatic heterocycles. The number of unbranched alkanes of at least 4 members (excludes halogenated alkanes) is 9. The van der Waals surface area contributed by atoms with Gasteiger partial charge in [-0.05, 0) is 13.3 Å². The maximum absolute atomic E-state index is 11.2. The SMILES string of the molecule is CCCCCCCCCCCCOC(=O)N[C@@H](C)C(=O)O. The van der Waals surface area contributed by atoms with Crippen LogP contribution in [0, 0.1) is 0 Å². The van der Waals surface area contributed by atoms with E-state index >= 15 is 0 Å². The molecule has 0 aromatic rings. The molecule has 0 fully saturated rings. The number of hydrogen-bond donors (Lipinski definition) is 2. The molecule has 0 heterocycles. The Kier molecular flexibility index (Phi) is 12.9. The van der Waals surface area contributed by atoms with Gasteiger partial charge in [-0.25, -0.2) is 4.79 Å². The van der Waals surface area contributed by atoms with Gasteiger partial charge in [-0.3, -0.25) is 4.79 Å². The maximum Gasteiger partial charge on any atom is 0.407 e. The zero-order chi connectivity index (χ0) is 15.9. The fourth-order valence-electron chi connectivity index (χ4n) is 2.03. The molecule has 0 aliphatic rings. The summed E-state index contributed by atoms with van der Waals surface area (Å²) in [4.78, 5) is 21.7. The van der Waals surface area contributed by atoms with Gasteiger partial charge in [0.15, 0.2) is 0 Å². The Balaban J connectivity index is 3.25. The lowest BCUT2D eigenvalue weighted by molar-refractivity contribution is -0.138. The molecule has 0 rings (SSSR count). The summed E-state index contributed by atoms with van der Waals surface area (Å²) in [6, 6.07) is -0.912. The predicted octanol–water partition coefficient (Wildman–Crippen LogP) is 4.11. The largest absolute Gasteiger partial charge is 0.480 e. The van der Waals surface area contributed by atoms with Gasteiger partial charge in [0.25, 0.3) is 0 Å². The average molecular weight is 301 g/mol. The molecule has 0 aromatic carbocycles. The summed E-state index contributed by atoms with van der Waals surface area (Å²) in [7, 11) is 0. The molecule has 2 N–H and O–H groups in total. The van der Waals surface area contributed by atoms with Crippen molar-refractivity contribution in [2.45, 2.75) is 84.1 Å². The topological polar surface area (TPSA) is 75.6 Å². The Labute approximate surface area is 128 Å². The van der Waals surface area contributed by atoms with E-state index in [0.29, 0.717) is 6.61 Å². The molecule has 0 bridgehead atoms. The van der Waals surface area contributed by atoms with E-state index < -0.39 is 18.1 Å². The minimum absolute atomic E-state index is 0.356. The first-order valence-electron chi connectivity index (χ1n) is 8.24. The monoisotopic (exact) mass is 301 g/mol. The summed E-state index contributed by atoms with van der Waals surface area (Å²) in [5, 5.41) is 10.9. The van der Waals surface area contributed by atoms with Crippen molar-refractivity contribution in [1.82, 2.24) is 5.32 Å². The molecule has 0 saturated heterocycles. The number of hydrogen-bond acceptors (Lipinski definition) is 3. The molecule has 21 heavy (non-hydrogen) atoms. The second-order valence-electron chi connectivity index (χ2n) is 5.52. The van der Waals surface area contributed by atoms with Gasteiger partial charge in [-0.2, -0.15) is 0 Å². The number of amides is 1. The number of nitrogens with one attached hydrogen (secondary N) is 1. The highest BCUT2D eigenvalue weighted by molar-refractivity contribution is 5.79. The average Bonchev–Trinajstić information content (AvgIpc) is 2.44. The number of rotatable bonds is 13. The van der Waals surface area contributed by atoms with Crippen LogP contribution in [0.25, 0.3) is 0 Å². The lowest BCUT2D eigenvalue weighted by atomic mass is 10.1. The molecule has 0 aromatic heterocycles. The molecule has 124 valence electrons. The molecule has 0 saturated carbocycles. The minimum Gasteiger partial charge on any atom is -0.480 e. The summed E-state index contributed by atoms with van der Waals surface area (Å²) < 4.78 is 4.92. The van der Waals surface area contributed by atoms with Gasteiger partial charge >= 0.3 is 12.1 Å². The highest BCUT2D eigenvalue weighted by Gasteiger charge is 2.14. The minimum atomic E-state index is -1.06. The first-order valence-corrected chi connectivity index (χ1v) is 8.24. The smallest absolute Gasteiger partial charge is 0.407 e. The van der Waals surface area contributed by atoms with E-state index in [-0.39, 0.29) is 0 Å². The highest BCUT2D eigenvalue weighted by atomic mass is 16.5. The van der Waals surface area contributed by atoms with Crippen LogP contribution in [0.1, 0.15) is 78.1 Å². The Hall–Kier alpha value is -1.26. The maximum atomic E-state index is 11.2. The lowest BCUT2D eigenvalue weighted by Gasteiger charge is -2.09. The molecule has 5 heteroatoms. The quantitative estimate of drug-likeness (QED) is 0.502. The Morgan fingerprint density at radius 3 is 1.90 bits per heavy atom. The van der Waals surface area contributed by atoms with Crippen LogP contribution in [-0.4, -0.2) is 29.8 Å². The van der Waals surface area contributed by atoms with Gasteiger partial charge < -0.3 is 15.2 Å². The van der Waals surface area contributed by atoms with Gasteiger partial charge in [0, 0.05) is 0 Å². The van der Waals surface area contributed by atoms with Crippen LogP contribution >= 0.6 is 0 Å². The number of carboxylic acids is 1. The summed E-state index contributed by atoms with van der Waals surface area (Å²) in [5.74, 6) is -1.06. The first kappa shape index (κ1) is 19.7. The molecular formula is C16H31NO4. The van der Waals surface area contributed by atoms with E-state index in [0.717, 1.165) is 12.8 Å². The van der Waals surface area contributed by atoms with E-state index in [9.17, 15) is 9.59 Å². The van der Waals surface area contributed by atoms with Crippen LogP contribution in [0.2, 0.25) is 0 Å². The highest BCUT2D eigenvalue weighted by Crippen LogP contribution is 2.10. The number of carbonyl (C=O) groups is 2. The number of ether oxygens (including phenoxy) is 1. The van der Waals surface area contributed by atoms with Crippen LogP contribution in [0.3, 0.4) is 0 Å². The first-order chi connectivity index (χ1) is 10.1. The van der Waals surface area contributed by atoms with Gasteiger partial charge in [0.1, 0.15) is 6.04 Å². The van der Waals surface area contributed by atoms with Crippen molar-refractivity contribution >= 4 is 12.1 Å². The van der Waals surface area contributed by atoms with Crippen LogP contribution in [0.4, 0.5) is 4.79 Å². The van der Waals surface area contributed by atoms with Crippen molar-refractivity contribution in [3.8, 4) is 0 Å². The van der Waals surface area contributed by atoms with Crippen molar-refractivity contribution in [2.75, 3.05) is 6.61 Å². The van der Waals surface area contributed by atoms with Crippen molar-refractivity contribution < 1.29 is 19.4 Å². The fourth-order valence-corrected chi connectivity index (χ4v) is 2.03. The molecule has 0 aliphatic carbocycles. The Bertz CT molecular complexity index is 281. The molecular weight excluding hydrogens is 270 g/mol. The van der Waals surface area contributed by atoms with E-state index in [1.54, 1.807) is 0 Å². The van der Waals surface area contributed by atoms with Gasteiger partial charge in [-0.15, -0.1) is 0 Å². The zero-order valence-corrected chi connectivity index (χ0v) is 13.5. The summed E-state index contributed by atoms with van der Waals surface area (Å²) >= 11 is 0. The molecule has 0 radical (unpaired) electrons. The molecule has 1 atom stereocenters. The van der Waals surface area contributed by atoms with Crippen molar-refractivity contribution in [2.24, 2.45) is 0 Å². The van der Waals surface area contributed by atoms with Crippen LogP contribution in [-0.2, 0) is 9.53 Å². The molecule has 1 amide bonds. The van der Waals surface area contributed by atoms with E-state index in [1.807, 2.05) is 0 Å². The lowest BCUT2D eigenvalue weighted by Crippen LogP contribution is -2.38. The summed E-state index contributed by atoms with van der Waals surface area (Å²) in [5.41, 5.74) is 0. The molecule has 0 spiro atoms. The third-order valence-electron chi connectivity index (χ3n) is 3.44. The van der Waals surface area contributed by atoms with Crippen molar-refractivity contribution in [1.29, 1.82) is 0 Å². The van der Waals surface area contributed by atoms with Crippen molar-refractivity contribution in [3.63, 3.8) is 0 Å². The van der Waals surface area contributed by atoms with Gasteiger partial charge in [0.05, 0.1) is 6.61 Å². The standard InChI is InChI=1S/C16H31NO4/c1-3-4-5-6-7-8-9-10-11-12-13-21-16(20)17-14(2)15(18)19/h14H,3-13H2,1-2H3,(H,17,20)(H,18,19)/t14-/m0/s1. The van der Waals surface area contributed by atoms with E-state index in [4.69, 9.17) is 9.84 Å². The third-order valence-corrected chi connectivity index (χ3v) is 3.44.